The first kappa shape index (κ1) is 18.2. The molecule has 0 aliphatic rings. The van der Waals surface area contributed by atoms with Gasteiger partial charge in [-0.3, -0.25) is 10.1 Å². The first-order valence-corrected chi connectivity index (χ1v) is 8.69. The summed E-state index contributed by atoms with van der Waals surface area (Å²) >= 11 is 1.95. The molecule has 0 saturated heterocycles. The zero-order valence-electron chi connectivity index (χ0n) is 13.1. The molecular weight excluding hydrogens is 389 g/mol. The molecule has 0 radical (unpaired) electrons. The van der Waals surface area contributed by atoms with Crippen molar-refractivity contribution in [3.63, 3.8) is 0 Å². The number of aromatic nitrogens is 4. The van der Waals surface area contributed by atoms with E-state index in [1.54, 1.807) is 17.7 Å². The number of aryl methyl sites for hydroxylation is 1. The van der Waals surface area contributed by atoms with E-state index in [1.165, 1.54) is 30.2 Å². The summed E-state index contributed by atoms with van der Waals surface area (Å²) < 4.78 is 39.5. The molecule has 12 heteroatoms. The van der Waals surface area contributed by atoms with E-state index >= 15 is 0 Å². The number of thiazole rings is 1. The van der Waals surface area contributed by atoms with Gasteiger partial charge in [0.1, 0.15) is 6.33 Å². The average Bonchev–Trinajstić information content (AvgIpc) is 3.18. The van der Waals surface area contributed by atoms with E-state index < -0.39 is 17.8 Å². The normalized spacial score (nSPS) is 11.5. The van der Waals surface area contributed by atoms with Crippen molar-refractivity contribution in [1.29, 1.82) is 0 Å². The number of nitrogens with zero attached hydrogens (tertiary/aromatic N) is 4. The van der Waals surface area contributed by atoms with Gasteiger partial charge in [0.15, 0.2) is 16.0 Å². The molecule has 0 aliphatic carbocycles. The van der Waals surface area contributed by atoms with Crippen LogP contribution < -0.4 is 11.1 Å². The topological polar surface area (TPSA) is 98.7 Å². The highest BCUT2D eigenvalue weighted by Gasteiger charge is 2.34. The van der Waals surface area contributed by atoms with Crippen molar-refractivity contribution in [3.05, 3.63) is 41.2 Å². The smallest absolute Gasteiger partial charge is 0.398 e. The number of halogens is 3. The van der Waals surface area contributed by atoms with Gasteiger partial charge in [-0.05, 0) is 30.0 Å². The van der Waals surface area contributed by atoms with Crippen LogP contribution in [0.3, 0.4) is 0 Å². The van der Waals surface area contributed by atoms with Gasteiger partial charge in [-0.25, -0.2) is 4.98 Å². The lowest BCUT2D eigenvalue weighted by Gasteiger charge is -2.08. The molecule has 0 spiro atoms. The zero-order chi connectivity index (χ0) is 18.9. The number of nitrogens with one attached hydrogen (secondary N) is 1. The average molecular weight is 400 g/mol. The molecule has 3 N–H and O–H groups in total. The second kappa shape index (κ2) is 6.96. The molecule has 0 saturated carbocycles. The quantitative estimate of drug-likeness (QED) is 0.652. The summed E-state index contributed by atoms with van der Waals surface area (Å²) in [6.07, 6.45) is -3.03. The molecule has 0 fully saturated rings. The van der Waals surface area contributed by atoms with Crippen LogP contribution in [-0.4, -0.2) is 25.7 Å². The predicted octanol–water partition coefficient (Wildman–Crippen LogP) is 3.28. The molecule has 2 aromatic heterocycles. The fourth-order valence-corrected chi connectivity index (χ4v) is 3.41. The lowest BCUT2D eigenvalue weighted by Crippen LogP contribution is -2.14. The molecule has 0 atom stereocenters. The number of nitrogens with two attached hydrogens (primary N) is 1. The van der Waals surface area contributed by atoms with E-state index in [-0.39, 0.29) is 16.4 Å². The van der Waals surface area contributed by atoms with Gasteiger partial charge < -0.3 is 10.3 Å². The maximum atomic E-state index is 12.6. The summed E-state index contributed by atoms with van der Waals surface area (Å²) in [6, 6.07) is 4.77. The summed E-state index contributed by atoms with van der Waals surface area (Å²) in [5, 5.41) is 11.3. The molecule has 0 bridgehead atoms. The monoisotopic (exact) mass is 400 g/mol. The van der Waals surface area contributed by atoms with E-state index in [1.807, 2.05) is 0 Å². The van der Waals surface area contributed by atoms with Crippen LogP contribution in [0.4, 0.5) is 24.0 Å². The number of benzene rings is 1. The number of rotatable bonds is 4. The maximum Gasteiger partial charge on any atom is 0.434 e. The Morgan fingerprint density at radius 1 is 1.38 bits per heavy atom. The third-order valence-corrected chi connectivity index (χ3v) is 4.96. The second-order valence-electron chi connectivity index (χ2n) is 5.07. The Morgan fingerprint density at radius 2 is 2.15 bits per heavy atom. The van der Waals surface area contributed by atoms with Gasteiger partial charge in [0.2, 0.25) is 0 Å². The minimum Gasteiger partial charge on any atom is -0.398 e. The Labute approximate surface area is 153 Å². The molecule has 26 heavy (non-hydrogen) atoms. The summed E-state index contributed by atoms with van der Waals surface area (Å²) in [4.78, 5) is 16.4. The highest BCUT2D eigenvalue weighted by Crippen LogP contribution is 2.32. The molecule has 2 heterocycles. The Hall–Kier alpha value is -2.60. The molecule has 1 amide bonds. The van der Waals surface area contributed by atoms with Crippen LogP contribution >= 0.6 is 23.1 Å². The number of nitrogen functional groups attached to an aromatic ring is 1. The van der Waals surface area contributed by atoms with Crippen molar-refractivity contribution < 1.29 is 18.0 Å². The van der Waals surface area contributed by atoms with Crippen LogP contribution in [0.15, 0.2) is 40.0 Å². The number of hydrogen-bond acceptors (Lipinski definition) is 7. The Morgan fingerprint density at radius 3 is 2.77 bits per heavy atom. The molecule has 0 unspecified atom stereocenters. The number of amides is 1. The van der Waals surface area contributed by atoms with Crippen LogP contribution in [0.1, 0.15) is 16.1 Å². The largest absolute Gasteiger partial charge is 0.434 e. The van der Waals surface area contributed by atoms with E-state index in [2.05, 4.69) is 20.5 Å². The van der Waals surface area contributed by atoms with Crippen molar-refractivity contribution >= 4 is 39.8 Å². The number of hydrogen-bond donors (Lipinski definition) is 2. The fourth-order valence-electron chi connectivity index (χ4n) is 1.89. The second-order valence-corrected chi connectivity index (χ2v) is 6.96. The van der Waals surface area contributed by atoms with Gasteiger partial charge in [0.05, 0.1) is 5.56 Å². The van der Waals surface area contributed by atoms with Gasteiger partial charge in [-0.15, -0.1) is 21.5 Å². The minimum atomic E-state index is -4.56. The van der Waals surface area contributed by atoms with E-state index in [9.17, 15) is 18.0 Å². The van der Waals surface area contributed by atoms with Crippen LogP contribution in [0, 0.1) is 0 Å². The Bertz CT molecular complexity index is 952. The highest BCUT2D eigenvalue weighted by atomic mass is 32.2. The van der Waals surface area contributed by atoms with E-state index in [4.69, 9.17) is 5.73 Å². The first-order chi connectivity index (χ1) is 12.2. The van der Waals surface area contributed by atoms with Gasteiger partial charge in [0, 0.05) is 23.0 Å². The molecule has 7 nitrogen and oxygen atoms in total. The fraction of sp³-hybridized carbons (Fsp3) is 0.143. The molecular formula is C14H11F3N6OS2. The number of alkyl halides is 3. The van der Waals surface area contributed by atoms with Gasteiger partial charge in [-0.1, -0.05) is 0 Å². The molecule has 3 rings (SSSR count). The van der Waals surface area contributed by atoms with Crippen LogP contribution in [0.5, 0.6) is 0 Å². The van der Waals surface area contributed by atoms with Crippen molar-refractivity contribution in [2.24, 2.45) is 7.05 Å². The van der Waals surface area contributed by atoms with Crippen molar-refractivity contribution in [2.75, 3.05) is 11.1 Å². The van der Waals surface area contributed by atoms with Crippen LogP contribution in [0.25, 0.3) is 0 Å². The third-order valence-electron chi connectivity index (χ3n) is 3.16. The maximum absolute atomic E-state index is 12.6. The lowest BCUT2D eigenvalue weighted by molar-refractivity contribution is -0.140. The van der Waals surface area contributed by atoms with Gasteiger partial charge in [0.25, 0.3) is 5.91 Å². The third kappa shape index (κ3) is 3.96. The minimum absolute atomic E-state index is 0.126. The Kier molecular flexibility index (Phi) is 4.87. The summed E-state index contributed by atoms with van der Waals surface area (Å²) in [6.45, 7) is 0. The number of carbonyl (C=O) groups excluding carboxylic acids is 1. The highest BCUT2D eigenvalue weighted by molar-refractivity contribution is 7.99. The van der Waals surface area contributed by atoms with Crippen molar-refractivity contribution in [3.8, 4) is 0 Å². The van der Waals surface area contributed by atoms with Gasteiger partial charge in [-0.2, -0.15) is 13.2 Å². The van der Waals surface area contributed by atoms with Crippen molar-refractivity contribution in [1.82, 2.24) is 19.7 Å². The standard InChI is InChI=1S/C14H11F3N6OS2/c1-23-6-19-22-13(23)26-7-2-3-9(18)8(4-7)11(24)21-12-20-10(5-25-12)14(15,16)17/h2-6H,18H2,1H3,(H,20,21,24). The first-order valence-electron chi connectivity index (χ1n) is 6.99. The van der Waals surface area contributed by atoms with E-state index in [0.717, 1.165) is 5.38 Å². The lowest BCUT2D eigenvalue weighted by atomic mass is 10.1. The Balaban J connectivity index is 1.79. The van der Waals surface area contributed by atoms with E-state index in [0.29, 0.717) is 21.4 Å². The summed E-state index contributed by atoms with van der Waals surface area (Å²) in [5.41, 5.74) is 5.08. The van der Waals surface area contributed by atoms with Gasteiger partial charge >= 0.3 is 6.18 Å². The number of anilines is 2. The SMILES string of the molecule is Cn1cnnc1Sc1ccc(N)c(C(=O)Nc2nc(C(F)(F)F)cs2)c1. The predicted molar refractivity (Wildman–Crippen MR) is 91.0 cm³/mol. The van der Waals surface area contributed by atoms with Crippen LogP contribution in [-0.2, 0) is 13.2 Å². The zero-order valence-corrected chi connectivity index (χ0v) is 14.7. The summed E-state index contributed by atoms with van der Waals surface area (Å²) in [5.74, 6) is -0.647. The number of carbonyl (C=O) groups is 1. The molecule has 0 aliphatic heterocycles. The molecule has 3 aromatic rings. The summed E-state index contributed by atoms with van der Waals surface area (Å²) in [7, 11) is 1.77. The molecule has 1 aromatic carbocycles. The van der Waals surface area contributed by atoms with Crippen molar-refractivity contribution in [2.45, 2.75) is 16.2 Å². The van der Waals surface area contributed by atoms with Crippen LogP contribution in [0.2, 0.25) is 0 Å². The molecule has 136 valence electrons.